The van der Waals surface area contributed by atoms with Crippen molar-refractivity contribution in [2.75, 3.05) is 39.4 Å². The fraction of sp³-hybridized carbons (Fsp3) is 0.857. The van der Waals surface area contributed by atoms with Gasteiger partial charge in [0.25, 0.3) is 0 Å². The number of morpholine rings is 1. The van der Waals surface area contributed by atoms with Gasteiger partial charge < -0.3 is 20.7 Å². The fourth-order valence-corrected chi connectivity index (χ4v) is 1.27. The summed E-state index contributed by atoms with van der Waals surface area (Å²) in [5.41, 5.74) is 4.92. The van der Waals surface area contributed by atoms with Gasteiger partial charge in [0.1, 0.15) is 13.1 Å². The number of primary amides is 1. The Morgan fingerprint density at radius 2 is 2.17 bits per heavy atom. The molecule has 1 saturated heterocycles. The van der Waals surface area contributed by atoms with Crippen molar-refractivity contribution in [1.82, 2.24) is 5.32 Å². The maximum Gasteiger partial charge on any atom is 0.312 e. The molecule has 1 fully saturated rings. The van der Waals surface area contributed by atoms with E-state index >= 15 is 0 Å². The second-order valence-electron chi connectivity index (χ2n) is 2.90. The molecule has 0 aliphatic carbocycles. The molecule has 0 aromatic carbocycles. The molecule has 1 rings (SSSR count). The first-order valence-corrected chi connectivity index (χ1v) is 4.23. The summed E-state index contributed by atoms with van der Waals surface area (Å²) in [4.78, 5) is 11.8. The zero-order valence-corrected chi connectivity index (χ0v) is 7.14. The molecule has 4 N–H and O–H groups in total. The largest absolute Gasteiger partial charge is 0.370 e. The van der Waals surface area contributed by atoms with Crippen molar-refractivity contribution >= 4 is 6.03 Å². The third-order valence-electron chi connectivity index (χ3n) is 1.98. The van der Waals surface area contributed by atoms with Crippen LogP contribution in [0.2, 0.25) is 0 Å². The average molecular weight is 174 g/mol. The van der Waals surface area contributed by atoms with Crippen LogP contribution in [-0.2, 0) is 4.74 Å². The number of carbonyl (C=O) groups is 1. The Hall–Kier alpha value is -0.810. The molecule has 0 atom stereocenters. The Balaban J connectivity index is 2.01. The predicted octanol–water partition coefficient (Wildman–Crippen LogP) is -2.43. The molecule has 0 aromatic heterocycles. The summed E-state index contributed by atoms with van der Waals surface area (Å²) in [6, 6.07) is -0.442. The molecule has 5 heteroatoms. The number of nitrogens with two attached hydrogens (primary N) is 1. The van der Waals surface area contributed by atoms with Gasteiger partial charge in [0.15, 0.2) is 0 Å². The Morgan fingerprint density at radius 3 is 2.75 bits per heavy atom. The summed E-state index contributed by atoms with van der Waals surface area (Å²) in [7, 11) is 0. The van der Waals surface area contributed by atoms with Crippen LogP contribution >= 0.6 is 0 Å². The van der Waals surface area contributed by atoms with Crippen molar-refractivity contribution < 1.29 is 14.4 Å². The Bertz CT molecular complexity index is 146. The highest BCUT2D eigenvalue weighted by Crippen LogP contribution is 1.73. The van der Waals surface area contributed by atoms with E-state index in [1.165, 1.54) is 4.90 Å². The standard InChI is InChI=1S/C7H15N3O2/c8-7(11)9-1-2-10-3-5-12-6-4-10/h1-6H2,(H3,8,9,11)/p+1. The van der Waals surface area contributed by atoms with E-state index in [1.54, 1.807) is 0 Å². The van der Waals surface area contributed by atoms with E-state index in [9.17, 15) is 4.79 Å². The summed E-state index contributed by atoms with van der Waals surface area (Å²) in [6.45, 7) is 5.30. The molecule has 0 aromatic rings. The molecule has 1 aliphatic rings. The number of hydrogen-bond donors (Lipinski definition) is 3. The Kier molecular flexibility index (Phi) is 3.83. The first-order chi connectivity index (χ1) is 5.79. The molecule has 0 radical (unpaired) electrons. The SMILES string of the molecule is NC(=O)NCC[NH+]1CCOCC1. The molecular formula is C7H16N3O2+. The van der Waals surface area contributed by atoms with E-state index in [0.29, 0.717) is 6.54 Å². The molecule has 0 unspecified atom stereocenters. The third kappa shape index (κ3) is 3.54. The topological polar surface area (TPSA) is 68.8 Å². The van der Waals surface area contributed by atoms with E-state index < -0.39 is 6.03 Å². The van der Waals surface area contributed by atoms with Crippen LogP contribution in [0.1, 0.15) is 0 Å². The summed E-state index contributed by atoms with van der Waals surface area (Å²) >= 11 is 0. The van der Waals surface area contributed by atoms with Crippen LogP contribution < -0.4 is 16.0 Å². The number of urea groups is 1. The third-order valence-corrected chi connectivity index (χ3v) is 1.98. The second-order valence-corrected chi connectivity index (χ2v) is 2.90. The lowest BCUT2D eigenvalue weighted by atomic mass is 10.4. The minimum absolute atomic E-state index is 0.442. The van der Waals surface area contributed by atoms with Crippen molar-refractivity contribution in [3.63, 3.8) is 0 Å². The number of rotatable bonds is 3. The molecule has 0 bridgehead atoms. The lowest BCUT2D eigenvalue weighted by Crippen LogP contribution is -3.14. The molecule has 0 spiro atoms. The van der Waals surface area contributed by atoms with Gasteiger partial charge in [0, 0.05) is 0 Å². The van der Waals surface area contributed by atoms with Gasteiger partial charge in [0.2, 0.25) is 0 Å². The van der Waals surface area contributed by atoms with Crippen molar-refractivity contribution in [2.24, 2.45) is 5.73 Å². The smallest absolute Gasteiger partial charge is 0.312 e. The van der Waals surface area contributed by atoms with Crippen LogP contribution in [-0.4, -0.2) is 45.4 Å². The van der Waals surface area contributed by atoms with E-state index in [-0.39, 0.29) is 0 Å². The number of amides is 2. The number of carbonyl (C=O) groups excluding carboxylic acids is 1. The van der Waals surface area contributed by atoms with Gasteiger partial charge in [-0.15, -0.1) is 0 Å². The lowest BCUT2D eigenvalue weighted by molar-refractivity contribution is -0.906. The average Bonchev–Trinajstić information content (AvgIpc) is 2.05. The lowest BCUT2D eigenvalue weighted by Gasteiger charge is -2.23. The number of quaternary nitrogens is 1. The fourth-order valence-electron chi connectivity index (χ4n) is 1.27. The molecule has 1 heterocycles. The minimum Gasteiger partial charge on any atom is -0.370 e. The number of ether oxygens (including phenoxy) is 1. The van der Waals surface area contributed by atoms with E-state index in [1.807, 2.05) is 0 Å². The quantitative estimate of drug-likeness (QED) is 0.445. The normalized spacial score (nSPS) is 19.0. The summed E-state index contributed by atoms with van der Waals surface area (Å²) in [5.74, 6) is 0. The second kappa shape index (κ2) is 4.95. The molecule has 0 saturated carbocycles. The Morgan fingerprint density at radius 1 is 1.50 bits per heavy atom. The van der Waals surface area contributed by atoms with Gasteiger partial charge in [-0.2, -0.15) is 0 Å². The molecule has 12 heavy (non-hydrogen) atoms. The minimum atomic E-state index is -0.442. The highest BCUT2D eigenvalue weighted by atomic mass is 16.5. The van der Waals surface area contributed by atoms with Gasteiger partial charge in [-0.3, -0.25) is 0 Å². The molecule has 5 nitrogen and oxygen atoms in total. The summed E-state index contributed by atoms with van der Waals surface area (Å²) in [6.07, 6.45) is 0. The van der Waals surface area contributed by atoms with Crippen LogP contribution in [0.4, 0.5) is 4.79 Å². The molecule has 2 amide bonds. The van der Waals surface area contributed by atoms with Gasteiger partial charge >= 0.3 is 6.03 Å². The van der Waals surface area contributed by atoms with Crippen molar-refractivity contribution in [3.05, 3.63) is 0 Å². The molecule has 1 aliphatic heterocycles. The number of hydrogen-bond acceptors (Lipinski definition) is 2. The van der Waals surface area contributed by atoms with Gasteiger partial charge in [0.05, 0.1) is 26.3 Å². The predicted molar refractivity (Wildman–Crippen MR) is 44.0 cm³/mol. The first-order valence-electron chi connectivity index (χ1n) is 4.23. The van der Waals surface area contributed by atoms with E-state index in [4.69, 9.17) is 10.5 Å². The maximum absolute atomic E-state index is 10.3. The zero-order valence-electron chi connectivity index (χ0n) is 7.14. The summed E-state index contributed by atoms with van der Waals surface area (Å²) < 4.78 is 5.19. The van der Waals surface area contributed by atoms with Crippen molar-refractivity contribution in [1.29, 1.82) is 0 Å². The van der Waals surface area contributed by atoms with Crippen LogP contribution in [0.3, 0.4) is 0 Å². The van der Waals surface area contributed by atoms with E-state index in [0.717, 1.165) is 32.8 Å². The van der Waals surface area contributed by atoms with Crippen LogP contribution in [0.5, 0.6) is 0 Å². The molecular weight excluding hydrogens is 158 g/mol. The van der Waals surface area contributed by atoms with Gasteiger partial charge in [-0.1, -0.05) is 0 Å². The van der Waals surface area contributed by atoms with Crippen LogP contribution in [0.25, 0.3) is 0 Å². The molecule has 70 valence electrons. The van der Waals surface area contributed by atoms with E-state index in [2.05, 4.69) is 5.32 Å². The number of nitrogens with one attached hydrogen (secondary N) is 2. The zero-order chi connectivity index (χ0) is 8.81. The van der Waals surface area contributed by atoms with Crippen LogP contribution in [0.15, 0.2) is 0 Å². The maximum atomic E-state index is 10.3. The Labute approximate surface area is 71.8 Å². The van der Waals surface area contributed by atoms with Gasteiger partial charge in [-0.25, -0.2) is 4.79 Å². The first kappa shape index (κ1) is 9.28. The summed E-state index contributed by atoms with van der Waals surface area (Å²) in [5, 5.41) is 2.57. The highest BCUT2D eigenvalue weighted by molar-refractivity contribution is 5.71. The highest BCUT2D eigenvalue weighted by Gasteiger charge is 2.12. The van der Waals surface area contributed by atoms with Crippen molar-refractivity contribution in [3.8, 4) is 0 Å². The van der Waals surface area contributed by atoms with Crippen LogP contribution in [0, 0.1) is 0 Å². The van der Waals surface area contributed by atoms with Gasteiger partial charge in [-0.05, 0) is 0 Å². The monoisotopic (exact) mass is 174 g/mol. The van der Waals surface area contributed by atoms with Crippen molar-refractivity contribution in [2.45, 2.75) is 0 Å².